The Bertz CT molecular complexity index is 1620. The Morgan fingerprint density at radius 2 is 1.82 bits per heavy atom. The van der Waals surface area contributed by atoms with Crippen molar-refractivity contribution < 1.29 is 23.3 Å². The van der Waals surface area contributed by atoms with Crippen molar-refractivity contribution >= 4 is 40.8 Å². The molecule has 0 saturated heterocycles. The summed E-state index contributed by atoms with van der Waals surface area (Å²) in [6.07, 6.45) is 2.18. The van der Waals surface area contributed by atoms with Crippen LogP contribution in [0.5, 0.6) is 5.75 Å². The van der Waals surface area contributed by atoms with Crippen molar-refractivity contribution in [1.82, 2.24) is 0 Å². The van der Waals surface area contributed by atoms with Gasteiger partial charge in [-0.15, -0.1) is 4.57 Å². The highest BCUT2D eigenvalue weighted by Crippen LogP contribution is 2.61. The summed E-state index contributed by atoms with van der Waals surface area (Å²) in [5.74, 6) is 0.870. The number of carbonyl (C=O) groups is 1. The highest BCUT2D eigenvalue weighted by atomic mass is 35.5. The Kier molecular flexibility index (Phi) is 7.83. The lowest BCUT2D eigenvalue weighted by Gasteiger charge is -2.14. The lowest BCUT2D eigenvalue weighted by Crippen LogP contribution is -2.35. The summed E-state index contributed by atoms with van der Waals surface area (Å²) in [7, 11) is 1.34. The van der Waals surface area contributed by atoms with Crippen LogP contribution in [0.2, 0.25) is 15.1 Å². The third-order valence-electron chi connectivity index (χ3n) is 7.23. The molecule has 0 bridgehead atoms. The van der Waals surface area contributed by atoms with Gasteiger partial charge in [0.05, 0.1) is 24.2 Å². The van der Waals surface area contributed by atoms with Crippen molar-refractivity contribution in [3.8, 4) is 17.5 Å². The van der Waals surface area contributed by atoms with E-state index in [1.54, 1.807) is 53.4 Å². The van der Waals surface area contributed by atoms with Gasteiger partial charge in [-0.2, -0.15) is 5.26 Å². The number of esters is 1. The van der Waals surface area contributed by atoms with Crippen molar-refractivity contribution in [3.63, 3.8) is 0 Å². The number of rotatable bonds is 8. The van der Waals surface area contributed by atoms with E-state index in [0.29, 0.717) is 38.5 Å². The van der Waals surface area contributed by atoms with Crippen LogP contribution in [-0.2, 0) is 16.8 Å². The summed E-state index contributed by atoms with van der Waals surface area (Å²) < 4.78 is 18.7. The van der Waals surface area contributed by atoms with Crippen molar-refractivity contribution in [2.75, 3.05) is 7.11 Å². The Hall–Kier alpha value is -3.50. The van der Waals surface area contributed by atoms with Gasteiger partial charge in [-0.05, 0) is 53.9 Å². The van der Waals surface area contributed by atoms with Crippen molar-refractivity contribution in [1.29, 1.82) is 5.26 Å². The molecule has 204 valence electrons. The van der Waals surface area contributed by atoms with Crippen molar-refractivity contribution in [2.24, 2.45) is 0 Å². The van der Waals surface area contributed by atoms with Crippen LogP contribution in [0.3, 0.4) is 0 Å². The smallest absolute Gasteiger partial charge is 0.341 e. The number of carbonyl (C=O) groups excluding carboxylic acids is 1. The summed E-state index contributed by atoms with van der Waals surface area (Å²) in [5.41, 5.74) is 2.66. The molecular weight excluding hydrogens is 571 g/mol. The maximum absolute atomic E-state index is 12.0. The van der Waals surface area contributed by atoms with E-state index < -0.39 is 11.4 Å². The Morgan fingerprint density at radius 1 is 1.10 bits per heavy atom. The molecule has 9 heteroatoms. The Morgan fingerprint density at radius 3 is 2.48 bits per heavy atom. The first-order valence-electron chi connectivity index (χ1n) is 12.7. The molecule has 1 fully saturated rings. The monoisotopic (exact) mass is 595 g/mol. The molecule has 1 saturated carbocycles. The topological polar surface area (TPSA) is 76.3 Å². The molecule has 0 aliphatic heterocycles. The van der Waals surface area contributed by atoms with Crippen LogP contribution in [0.15, 0.2) is 71.5 Å². The number of methoxy groups -OCH3 is 1. The van der Waals surface area contributed by atoms with E-state index in [0.717, 1.165) is 22.6 Å². The van der Waals surface area contributed by atoms with E-state index >= 15 is 0 Å². The first-order chi connectivity index (χ1) is 19.2. The second-order valence-corrected chi connectivity index (χ2v) is 11.2. The number of aromatic nitrogens is 1. The standard InChI is InChI=1S/C31H26Cl3N2O4/c1-18(2)29-27(36(17-40-29)28-24(32)8-5-9-25(28)33)15-39-21-10-11-22(26(34)13-21)31(16-35)14-23(31)19-6-4-7-20(12-19)30(37)38-3/h4-13,17-18,23H,14-15H2,1-3H3/q+1. The Balaban J connectivity index is 1.40. The van der Waals surface area contributed by atoms with Gasteiger partial charge in [0, 0.05) is 16.9 Å². The molecule has 0 amide bonds. The predicted octanol–water partition coefficient (Wildman–Crippen LogP) is 7.95. The molecule has 3 aromatic carbocycles. The fourth-order valence-electron chi connectivity index (χ4n) is 5.12. The third kappa shape index (κ3) is 5.06. The molecule has 2 atom stereocenters. The van der Waals surface area contributed by atoms with Gasteiger partial charge in [-0.1, -0.05) is 72.9 Å². The van der Waals surface area contributed by atoms with Gasteiger partial charge in [0.25, 0.3) is 11.4 Å². The fourth-order valence-corrected chi connectivity index (χ4v) is 6.04. The van der Waals surface area contributed by atoms with Gasteiger partial charge in [-0.3, -0.25) is 0 Å². The highest BCUT2D eigenvalue weighted by molar-refractivity contribution is 6.37. The zero-order valence-corrected chi connectivity index (χ0v) is 24.3. The number of benzene rings is 3. The number of ether oxygens (including phenoxy) is 2. The molecule has 0 spiro atoms. The average molecular weight is 597 g/mol. The van der Waals surface area contributed by atoms with Crippen LogP contribution in [0.25, 0.3) is 5.69 Å². The fraction of sp³-hybridized carbons (Fsp3) is 0.258. The van der Waals surface area contributed by atoms with Gasteiger partial charge >= 0.3 is 12.4 Å². The van der Waals surface area contributed by atoms with Crippen LogP contribution in [0.1, 0.15) is 65.0 Å². The quantitative estimate of drug-likeness (QED) is 0.152. The molecular formula is C31H26Cl3N2O4+. The lowest BCUT2D eigenvalue weighted by molar-refractivity contribution is -0.609. The number of halogens is 3. The second-order valence-electron chi connectivity index (χ2n) is 10.0. The molecule has 6 nitrogen and oxygen atoms in total. The molecule has 1 heterocycles. The van der Waals surface area contributed by atoms with E-state index in [-0.39, 0.29) is 18.4 Å². The highest BCUT2D eigenvalue weighted by Gasteiger charge is 2.58. The molecule has 0 radical (unpaired) electrons. The summed E-state index contributed by atoms with van der Waals surface area (Å²) in [6.45, 7) is 4.23. The normalized spacial score (nSPS) is 17.9. The summed E-state index contributed by atoms with van der Waals surface area (Å²) in [4.78, 5) is 12.0. The minimum absolute atomic E-state index is 0.0899. The first-order valence-corrected chi connectivity index (χ1v) is 13.8. The molecule has 2 unspecified atom stereocenters. The number of nitriles is 1. The summed E-state index contributed by atoms with van der Waals surface area (Å²) in [6, 6.07) is 20.3. The zero-order chi connectivity index (χ0) is 28.6. The molecule has 1 aliphatic rings. The van der Waals surface area contributed by atoms with Crippen LogP contribution >= 0.6 is 34.8 Å². The van der Waals surface area contributed by atoms with E-state index in [9.17, 15) is 10.1 Å². The maximum Gasteiger partial charge on any atom is 0.341 e. The lowest BCUT2D eigenvalue weighted by atomic mass is 9.91. The van der Waals surface area contributed by atoms with E-state index in [1.807, 2.05) is 32.0 Å². The maximum atomic E-state index is 12.0. The van der Waals surface area contributed by atoms with Gasteiger partial charge in [-0.25, -0.2) is 4.79 Å². The summed E-state index contributed by atoms with van der Waals surface area (Å²) >= 11 is 19.7. The van der Waals surface area contributed by atoms with E-state index in [2.05, 4.69) is 6.07 Å². The minimum Gasteiger partial charge on any atom is -0.482 e. The van der Waals surface area contributed by atoms with Gasteiger partial charge < -0.3 is 13.9 Å². The van der Waals surface area contributed by atoms with Crippen molar-refractivity contribution in [3.05, 3.63) is 110 Å². The second kappa shape index (κ2) is 11.2. The number of hydrogen-bond acceptors (Lipinski definition) is 5. The molecule has 5 rings (SSSR count). The number of hydrogen-bond donors (Lipinski definition) is 0. The number of oxazole rings is 1. The zero-order valence-electron chi connectivity index (χ0n) is 22.1. The average Bonchev–Trinajstić information content (AvgIpc) is 3.55. The van der Waals surface area contributed by atoms with Gasteiger partial charge in [0.15, 0.2) is 12.4 Å². The number of para-hydroxylation sites is 1. The van der Waals surface area contributed by atoms with Crippen molar-refractivity contribution in [2.45, 2.75) is 44.1 Å². The largest absolute Gasteiger partial charge is 0.482 e. The van der Waals surface area contributed by atoms with Crippen LogP contribution in [0, 0.1) is 11.3 Å². The number of nitrogens with zero attached hydrogens (tertiary/aromatic N) is 2. The predicted molar refractivity (Wildman–Crippen MR) is 153 cm³/mol. The Labute approximate surface area is 247 Å². The van der Waals surface area contributed by atoms with Crippen LogP contribution in [-0.4, -0.2) is 13.1 Å². The van der Waals surface area contributed by atoms with Gasteiger partial charge in [0.2, 0.25) is 0 Å². The van der Waals surface area contributed by atoms with Crippen LogP contribution < -0.4 is 9.30 Å². The molecule has 40 heavy (non-hydrogen) atoms. The van der Waals surface area contributed by atoms with E-state index in [4.69, 9.17) is 48.7 Å². The molecule has 0 N–H and O–H groups in total. The van der Waals surface area contributed by atoms with E-state index in [1.165, 1.54) is 7.11 Å². The first kappa shape index (κ1) is 28.0. The molecule has 1 aliphatic carbocycles. The molecule has 1 aromatic heterocycles. The summed E-state index contributed by atoms with van der Waals surface area (Å²) in [5, 5.41) is 11.6. The molecule has 4 aromatic rings. The minimum atomic E-state index is -0.788. The van der Waals surface area contributed by atoms with Crippen LogP contribution in [0.4, 0.5) is 0 Å². The SMILES string of the molecule is COC(=O)c1cccc(C2CC2(C#N)c2ccc(OCc3c(C(C)C)oc[n+]3-c3c(Cl)cccc3Cl)cc2Cl)c1. The van der Waals surface area contributed by atoms with Gasteiger partial charge in [0.1, 0.15) is 15.8 Å². The third-order valence-corrected chi connectivity index (χ3v) is 8.15.